The Labute approximate surface area is 109 Å². The molecule has 104 valence electrons. The minimum atomic E-state index is -0.0212. The normalized spacial score (nSPS) is 25.9. The zero-order valence-corrected chi connectivity index (χ0v) is 11.2. The van der Waals surface area contributed by atoms with Crippen LogP contribution >= 0.6 is 0 Å². The van der Waals surface area contributed by atoms with E-state index in [0.717, 1.165) is 45.6 Å². The van der Waals surface area contributed by atoms with E-state index >= 15 is 0 Å². The number of piperidine rings is 1. The number of nitrogens with one attached hydrogen (secondary N) is 1. The molecular weight excluding hydrogens is 230 g/mol. The molecule has 2 aliphatic rings. The minimum Gasteiger partial charge on any atom is -0.465 e. The Balaban J connectivity index is 1.54. The molecule has 4 nitrogen and oxygen atoms in total. The van der Waals surface area contributed by atoms with E-state index in [4.69, 9.17) is 9.47 Å². The molecule has 4 heteroatoms. The highest BCUT2D eigenvalue weighted by molar-refractivity contribution is 5.69. The van der Waals surface area contributed by atoms with Gasteiger partial charge in [-0.25, -0.2) is 0 Å². The van der Waals surface area contributed by atoms with Crippen LogP contribution in [0, 0.1) is 11.8 Å². The van der Waals surface area contributed by atoms with Crippen LogP contribution in [0.5, 0.6) is 0 Å². The van der Waals surface area contributed by atoms with E-state index in [2.05, 4.69) is 5.32 Å². The summed E-state index contributed by atoms with van der Waals surface area (Å²) in [5, 5.41) is 3.38. The van der Waals surface area contributed by atoms with E-state index < -0.39 is 0 Å². The molecule has 1 N–H and O–H groups in total. The number of carbonyl (C=O) groups is 1. The predicted octanol–water partition coefficient (Wildman–Crippen LogP) is 1.74. The van der Waals surface area contributed by atoms with Crippen molar-refractivity contribution in [2.24, 2.45) is 11.8 Å². The maximum Gasteiger partial charge on any atom is 0.305 e. The summed E-state index contributed by atoms with van der Waals surface area (Å²) in [5.74, 6) is 1.15. The van der Waals surface area contributed by atoms with E-state index in [-0.39, 0.29) is 5.97 Å². The number of rotatable bonds is 5. The third-order valence-corrected chi connectivity index (χ3v) is 3.98. The molecule has 0 bridgehead atoms. The van der Waals surface area contributed by atoms with Crippen molar-refractivity contribution in [3.63, 3.8) is 0 Å². The van der Waals surface area contributed by atoms with Crippen LogP contribution in [0.15, 0.2) is 0 Å². The fraction of sp³-hybridized carbons (Fsp3) is 0.929. The molecule has 0 aromatic heterocycles. The van der Waals surface area contributed by atoms with Crippen molar-refractivity contribution in [3.8, 4) is 0 Å². The van der Waals surface area contributed by atoms with Crippen molar-refractivity contribution in [2.75, 3.05) is 32.9 Å². The standard InChI is InChI=1S/C14H25NO3/c16-14(4-3-12-2-1-7-15-10-12)18-11-13-5-8-17-9-6-13/h12-13,15H,1-11H2. The Morgan fingerprint density at radius 2 is 2.06 bits per heavy atom. The Kier molecular flexibility index (Phi) is 5.94. The van der Waals surface area contributed by atoms with Crippen molar-refractivity contribution in [1.29, 1.82) is 0 Å². The molecule has 18 heavy (non-hydrogen) atoms. The van der Waals surface area contributed by atoms with Gasteiger partial charge in [0.25, 0.3) is 0 Å². The Hall–Kier alpha value is -0.610. The van der Waals surface area contributed by atoms with Gasteiger partial charge in [0.2, 0.25) is 0 Å². The van der Waals surface area contributed by atoms with Crippen LogP contribution in [-0.4, -0.2) is 38.9 Å². The molecule has 0 aliphatic carbocycles. The van der Waals surface area contributed by atoms with Gasteiger partial charge in [0.05, 0.1) is 6.61 Å². The SMILES string of the molecule is O=C(CCC1CCCNC1)OCC1CCOCC1. The van der Waals surface area contributed by atoms with Gasteiger partial charge in [-0.3, -0.25) is 4.79 Å². The second-order valence-electron chi connectivity index (χ2n) is 5.49. The molecule has 2 fully saturated rings. The highest BCUT2D eigenvalue weighted by Gasteiger charge is 2.18. The molecule has 2 saturated heterocycles. The van der Waals surface area contributed by atoms with Gasteiger partial charge < -0.3 is 14.8 Å². The molecule has 0 spiro atoms. The fourth-order valence-electron chi connectivity index (χ4n) is 2.69. The molecule has 0 aromatic carbocycles. The summed E-state index contributed by atoms with van der Waals surface area (Å²) in [7, 11) is 0. The largest absolute Gasteiger partial charge is 0.465 e. The van der Waals surface area contributed by atoms with Crippen molar-refractivity contribution < 1.29 is 14.3 Å². The number of esters is 1. The topological polar surface area (TPSA) is 47.6 Å². The van der Waals surface area contributed by atoms with E-state index in [0.29, 0.717) is 24.9 Å². The van der Waals surface area contributed by atoms with Gasteiger partial charge in [-0.15, -0.1) is 0 Å². The summed E-state index contributed by atoms with van der Waals surface area (Å²) in [4.78, 5) is 11.7. The summed E-state index contributed by atoms with van der Waals surface area (Å²) >= 11 is 0. The zero-order chi connectivity index (χ0) is 12.6. The van der Waals surface area contributed by atoms with Crippen LogP contribution < -0.4 is 5.32 Å². The second-order valence-corrected chi connectivity index (χ2v) is 5.49. The molecule has 0 amide bonds. The number of carbonyl (C=O) groups excluding carboxylic acids is 1. The van der Waals surface area contributed by atoms with Crippen molar-refractivity contribution in [2.45, 2.75) is 38.5 Å². The van der Waals surface area contributed by atoms with Gasteiger partial charge in [0, 0.05) is 19.6 Å². The molecule has 0 saturated carbocycles. The van der Waals surface area contributed by atoms with Crippen LogP contribution in [0.4, 0.5) is 0 Å². The summed E-state index contributed by atoms with van der Waals surface area (Å²) < 4.78 is 10.6. The second kappa shape index (κ2) is 7.74. The molecule has 2 rings (SSSR count). The molecule has 2 aliphatic heterocycles. The van der Waals surface area contributed by atoms with Gasteiger partial charge in [-0.1, -0.05) is 0 Å². The molecular formula is C14H25NO3. The van der Waals surface area contributed by atoms with E-state index in [1.807, 2.05) is 0 Å². The van der Waals surface area contributed by atoms with Gasteiger partial charge in [0.15, 0.2) is 0 Å². The molecule has 1 atom stereocenters. The first-order valence-corrected chi connectivity index (χ1v) is 7.28. The van der Waals surface area contributed by atoms with Crippen LogP contribution in [0.3, 0.4) is 0 Å². The first-order chi connectivity index (χ1) is 8.84. The monoisotopic (exact) mass is 255 g/mol. The molecule has 2 heterocycles. The lowest BCUT2D eigenvalue weighted by Gasteiger charge is -2.23. The van der Waals surface area contributed by atoms with Crippen LogP contribution in [0.25, 0.3) is 0 Å². The van der Waals surface area contributed by atoms with E-state index in [9.17, 15) is 4.79 Å². The lowest BCUT2D eigenvalue weighted by molar-refractivity contribution is -0.146. The van der Waals surface area contributed by atoms with Crippen LogP contribution in [0.1, 0.15) is 38.5 Å². The fourth-order valence-corrected chi connectivity index (χ4v) is 2.69. The first kappa shape index (κ1) is 13.8. The Bertz CT molecular complexity index is 221. The van der Waals surface area contributed by atoms with Gasteiger partial charge in [-0.05, 0) is 57.0 Å². The first-order valence-electron chi connectivity index (χ1n) is 7.28. The summed E-state index contributed by atoms with van der Waals surface area (Å²) in [6, 6.07) is 0. The number of hydrogen-bond donors (Lipinski definition) is 1. The number of ether oxygens (including phenoxy) is 2. The lowest BCUT2D eigenvalue weighted by Crippen LogP contribution is -2.30. The third-order valence-electron chi connectivity index (χ3n) is 3.98. The van der Waals surface area contributed by atoms with Crippen molar-refractivity contribution in [1.82, 2.24) is 5.32 Å². The maximum absolute atomic E-state index is 11.7. The zero-order valence-electron chi connectivity index (χ0n) is 11.2. The minimum absolute atomic E-state index is 0.0212. The number of hydrogen-bond acceptors (Lipinski definition) is 4. The average Bonchev–Trinajstić information content (AvgIpc) is 2.45. The maximum atomic E-state index is 11.7. The quantitative estimate of drug-likeness (QED) is 0.760. The predicted molar refractivity (Wildman–Crippen MR) is 69.3 cm³/mol. The van der Waals surface area contributed by atoms with Gasteiger partial charge >= 0.3 is 5.97 Å². The highest BCUT2D eigenvalue weighted by Crippen LogP contribution is 2.18. The van der Waals surface area contributed by atoms with E-state index in [1.54, 1.807) is 0 Å². The smallest absolute Gasteiger partial charge is 0.305 e. The summed E-state index contributed by atoms with van der Waals surface area (Å²) in [6.45, 7) is 4.41. The molecule has 0 aromatic rings. The van der Waals surface area contributed by atoms with Gasteiger partial charge in [-0.2, -0.15) is 0 Å². The van der Waals surface area contributed by atoms with Crippen molar-refractivity contribution >= 4 is 5.97 Å². The lowest BCUT2D eigenvalue weighted by atomic mass is 9.95. The van der Waals surface area contributed by atoms with Crippen molar-refractivity contribution in [3.05, 3.63) is 0 Å². The van der Waals surface area contributed by atoms with Gasteiger partial charge in [0.1, 0.15) is 0 Å². The van der Waals surface area contributed by atoms with Crippen LogP contribution in [-0.2, 0) is 14.3 Å². The third kappa shape index (κ3) is 4.94. The van der Waals surface area contributed by atoms with Crippen LogP contribution in [0.2, 0.25) is 0 Å². The molecule has 1 unspecified atom stereocenters. The highest BCUT2D eigenvalue weighted by atomic mass is 16.5. The Morgan fingerprint density at radius 1 is 1.22 bits per heavy atom. The summed E-state index contributed by atoms with van der Waals surface area (Å²) in [5.41, 5.74) is 0. The average molecular weight is 255 g/mol. The summed E-state index contributed by atoms with van der Waals surface area (Å²) in [6.07, 6.45) is 6.09. The molecule has 0 radical (unpaired) electrons. The Morgan fingerprint density at radius 3 is 2.78 bits per heavy atom. The van der Waals surface area contributed by atoms with E-state index in [1.165, 1.54) is 12.8 Å².